The first-order chi connectivity index (χ1) is 14.7. The van der Waals surface area contributed by atoms with E-state index in [9.17, 15) is 4.79 Å². The van der Waals surface area contributed by atoms with Gasteiger partial charge in [0.25, 0.3) is 5.91 Å². The number of imidazole rings is 1. The average Bonchev–Trinajstić information content (AvgIpc) is 3.41. The highest BCUT2D eigenvalue weighted by atomic mass is 16.5. The minimum Gasteiger partial charge on any atom is -0.383 e. The molecule has 6 heteroatoms. The predicted molar refractivity (Wildman–Crippen MR) is 118 cm³/mol. The number of H-pyrrole nitrogens is 1. The molecule has 1 aliphatic heterocycles. The number of methoxy groups -OCH3 is 1. The van der Waals surface area contributed by atoms with Crippen molar-refractivity contribution in [2.24, 2.45) is 0 Å². The molecule has 0 unspecified atom stereocenters. The zero-order valence-electron chi connectivity index (χ0n) is 17.2. The fourth-order valence-corrected chi connectivity index (χ4v) is 4.41. The fourth-order valence-electron chi connectivity index (χ4n) is 4.41. The number of piperidine rings is 1. The summed E-state index contributed by atoms with van der Waals surface area (Å²) in [6, 6.07) is 16.2. The van der Waals surface area contributed by atoms with Crippen molar-refractivity contribution < 1.29 is 9.53 Å². The molecule has 0 radical (unpaired) electrons. The second-order valence-electron chi connectivity index (χ2n) is 7.98. The summed E-state index contributed by atoms with van der Waals surface area (Å²) in [4.78, 5) is 23.3. The topological polar surface area (TPSA) is 63.1 Å². The van der Waals surface area contributed by atoms with Gasteiger partial charge in [-0.25, -0.2) is 4.98 Å². The fraction of sp³-hybridized carbons (Fsp3) is 0.333. The lowest BCUT2D eigenvalue weighted by atomic mass is 9.95. The van der Waals surface area contributed by atoms with Crippen molar-refractivity contribution in [3.05, 3.63) is 66.1 Å². The molecule has 0 aliphatic carbocycles. The van der Waals surface area contributed by atoms with Crippen LogP contribution in [0.4, 0.5) is 0 Å². The number of nitrogens with zero attached hydrogens (tertiary/aromatic N) is 3. The number of benzene rings is 2. The molecule has 1 aliphatic rings. The second-order valence-corrected chi connectivity index (χ2v) is 7.98. The van der Waals surface area contributed by atoms with Crippen molar-refractivity contribution in [1.82, 2.24) is 19.4 Å². The van der Waals surface area contributed by atoms with Crippen LogP contribution in [0, 0.1) is 0 Å². The minimum absolute atomic E-state index is 0.111. The highest BCUT2D eigenvalue weighted by Gasteiger charge is 2.26. The molecule has 2 aromatic heterocycles. The first kappa shape index (κ1) is 18.9. The van der Waals surface area contributed by atoms with Crippen molar-refractivity contribution in [2.45, 2.75) is 25.3 Å². The third kappa shape index (κ3) is 3.48. The number of rotatable bonds is 5. The van der Waals surface area contributed by atoms with Crippen LogP contribution in [0.1, 0.15) is 34.9 Å². The molecule has 1 amide bonds. The number of carbonyl (C=O) groups is 1. The summed E-state index contributed by atoms with van der Waals surface area (Å²) in [5.74, 6) is 1.52. The Bertz CT molecular complexity index is 1150. The zero-order chi connectivity index (χ0) is 20.5. The Morgan fingerprint density at radius 1 is 1.17 bits per heavy atom. The van der Waals surface area contributed by atoms with Crippen LogP contribution in [-0.4, -0.2) is 52.1 Å². The van der Waals surface area contributed by atoms with E-state index >= 15 is 0 Å². The van der Waals surface area contributed by atoms with E-state index in [2.05, 4.69) is 27.9 Å². The molecule has 0 atom stereocenters. The first-order valence-electron chi connectivity index (χ1n) is 10.5. The van der Waals surface area contributed by atoms with E-state index < -0.39 is 0 Å². The van der Waals surface area contributed by atoms with Crippen LogP contribution in [0.3, 0.4) is 0 Å². The van der Waals surface area contributed by atoms with Gasteiger partial charge in [-0.3, -0.25) is 4.79 Å². The molecule has 4 aromatic rings. The molecule has 3 heterocycles. The largest absolute Gasteiger partial charge is 0.383 e. The maximum absolute atomic E-state index is 13.1. The van der Waals surface area contributed by atoms with Gasteiger partial charge in [0, 0.05) is 49.9 Å². The predicted octanol–water partition coefficient (Wildman–Crippen LogP) is 4.18. The van der Waals surface area contributed by atoms with Gasteiger partial charge in [-0.2, -0.15) is 0 Å². The first-order valence-corrected chi connectivity index (χ1v) is 10.5. The number of ether oxygens (including phenoxy) is 1. The van der Waals surface area contributed by atoms with Crippen molar-refractivity contribution in [3.63, 3.8) is 0 Å². The van der Waals surface area contributed by atoms with E-state index in [0.717, 1.165) is 65.8 Å². The van der Waals surface area contributed by atoms with Gasteiger partial charge in [-0.05, 0) is 48.6 Å². The molecule has 6 nitrogen and oxygen atoms in total. The van der Waals surface area contributed by atoms with E-state index in [1.807, 2.05) is 41.3 Å². The zero-order valence-corrected chi connectivity index (χ0v) is 17.2. The van der Waals surface area contributed by atoms with Gasteiger partial charge in [0.1, 0.15) is 5.82 Å². The number of para-hydroxylation sites is 2. The van der Waals surface area contributed by atoms with Crippen molar-refractivity contribution >= 4 is 27.8 Å². The van der Waals surface area contributed by atoms with Gasteiger partial charge in [-0.1, -0.05) is 18.2 Å². The number of hydrogen-bond donors (Lipinski definition) is 1. The molecular weight excluding hydrogens is 376 g/mol. The Morgan fingerprint density at radius 2 is 2.00 bits per heavy atom. The van der Waals surface area contributed by atoms with E-state index in [4.69, 9.17) is 9.72 Å². The average molecular weight is 402 g/mol. The highest BCUT2D eigenvalue weighted by Crippen LogP contribution is 2.29. The number of aromatic nitrogens is 3. The minimum atomic E-state index is 0.111. The molecule has 1 fully saturated rings. The summed E-state index contributed by atoms with van der Waals surface area (Å²) in [6.45, 7) is 2.93. The molecule has 1 saturated heterocycles. The van der Waals surface area contributed by atoms with Crippen molar-refractivity contribution in [2.75, 3.05) is 26.8 Å². The third-order valence-corrected chi connectivity index (χ3v) is 6.13. The normalized spacial score (nSPS) is 15.3. The number of fused-ring (bicyclic) bond motifs is 2. The molecule has 154 valence electrons. The molecule has 1 N–H and O–H groups in total. The van der Waals surface area contributed by atoms with E-state index in [1.165, 1.54) is 0 Å². The third-order valence-electron chi connectivity index (χ3n) is 6.13. The number of amides is 1. The summed E-state index contributed by atoms with van der Waals surface area (Å²) >= 11 is 0. The van der Waals surface area contributed by atoms with Gasteiger partial charge in [0.2, 0.25) is 0 Å². The lowest BCUT2D eigenvalue weighted by Crippen LogP contribution is -2.38. The standard InChI is InChI=1S/C24H26N4O2/c1-30-15-14-27-11-8-17-6-7-19(16-22(17)27)24(29)28-12-9-18(10-13-28)23-25-20-4-2-3-5-21(20)26-23/h2-8,11,16,18H,9-10,12-15H2,1H3,(H,25,26). The van der Waals surface area contributed by atoms with Crippen molar-refractivity contribution in [3.8, 4) is 0 Å². The smallest absolute Gasteiger partial charge is 0.253 e. The monoisotopic (exact) mass is 402 g/mol. The number of aromatic amines is 1. The Hall–Kier alpha value is -3.12. The maximum Gasteiger partial charge on any atom is 0.253 e. The van der Waals surface area contributed by atoms with Gasteiger partial charge in [-0.15, -0.1) is 0 Å². The van der Waals surface area contributed by atoms with Crippen LogP contribution in [0.2, 0.25) is 0 Å². The summed E-state index contributed by atoms with van der Waals surface area (Å²) < 4.78 is 7.34. The molecular formula is C24H26N4O2. The summed E-state index contributed by atoms with van der Waals surface area (Å²) in [5, 5.41) is 1.14. The van der Waals surface area contributed by atoms with Crippen LogP contribution in [0.15, 0.2) is 54.7 Å². The second kappa shape index (κ2) is 7.95. The SMILES string of the molecule is COCCn1ccc2ccc(C(=O)N3CCC(c4nc5ccccc5[nH]4)CC3)cc21. The lowest BCUT2D eigenvalue weighted by molar-refractivity contribution is 0.0711. The van der Waals surface area contributed by atoms with Crippen LogP contribution in [0.25, 0.3) is 21.9 Å². The summed E-state index contributed by atoms with van der Waals surface area (Å²) in [6.07, 6.45) is 3.91. The summed E-state index contributed by atoms with van der Waals surface area (Å²) in [5.41, 5.74) is 3.92. The Balaban J connectivity index is 1.29. The molecule has 2 aromatic carbocycles. The maximum atomic E-state index is 13.1. The van der Waals surface area contributed by atoms with Crippen LogP contribution in [0.5, 0.6) is 0 Å². The number of nitrogens with one attached hydrogen (secondary N) is 1. The Kier molecular flexibility index (Phi) is 5.01. The summed E-state index contributed by atoms with van der Waals surface area (Å²) in [7, 11) is 1.70. The van der Waals surface area contributed by atoms with Gasteiger partial charge in [0.15, 0.2) is 0 Å². The lowest BCUT2D eigenvalue weighted by Gasteiger charge is -2.31. The highest BCUT2D eigenvalue weighted by molar-refractivity contribution is 5.98. The van der Waals surface area contributed by atoms with Gasteiger partial charge in [0.05, 0.1) is 17.6 Å². The molecule has 0 spiro atoms. The number of carbonyl (C=O) groups excluding carboxylic acids is 1. The van der Waals surface area contributed by atoms with Crippen LogP contribution >= 0.6 is 0 Å². The van der Waals surface area contributed by atoms with Crippen LogP contribution < -0.4 is 0 Å². The van der Waals surface area contributed by atoms with E-state index in [0.29, 0.717) is 12.5 Å². The Labute approximate surface area is 175 Å². The molecule has 0 bridgehead atoms. The molecule has 0 saturated carbocycles. The van der Waals surface area contributed by atoms with E-state index in [-0.39, 0.29) is 5.91 Å². The van der Waals surface area contributed by atoms with Gasteiger partial charge < -0.3 is 19.2 Å². The van der Waals surface area contributed by atoms with E-state index in [1.54, 1.807) is 7.11 Å². The number of hydrogen-bond acceptors (Lipinski definition) is 3. The van der Waals surface area contributed by atoms with Crippen molar-refractivity contribution in [1.29, 1.82) is 0 Å². The Morgan fingerprint density at radius 3 is 2.80 bits per heavy atom. The molecule has 5 rings (SSSR count). The van der Waals surface area contributed by atoms with Gasteiger partial charge >= 0.3 is 0 Å². The molecule has 30 heavy (non-hydrogen) atoms. The number of likely N-dealkylation sites (tertiary alicyclic amines) is 1. The van der Waals surface area contributed by atoms with Crippen LogP contribution in [-0.2, 0) is 11.3 Å². The quantitative estimate of drug-likeness (QED) is 0.545.